The van der Waals surface area contributed by atoms with Crippen LogP contribution in [0.15, 0.2) is 30.9 Å². The first-order valence-corrected chi connectivity index (χ1v) is 3.86. The van der Waals surface area contributed by atoms with E-state index in [9.17, 15) is 4.39 Å². The summed E-state index contributed by atoms with van der Waals surface area (Å²) in [6.07, 6.45) is 1.45. The van der Waals surface area contributed by atoms with Gasteiger partial charge in [-0.2, -0.15) is 0 Å². The van der Waals surface area contributed by atoms with Crippen LogP contribution in [0.4, 0.5) is 4.39 Å². The second-order valence-corrected chi connectivity index (χ2v) is 2.80. The Bertz CT molecular complexity index is 278. The van der Waals surface area contributed by atoms with Crippen LogP contribution in [-0.2, 0) is 0 Å². The number of rotatable bonds is 2. The molecular weight excluding hydrogens is 177 g/mol. The SMILES string of the molecule is C=C[C@@H](N)c1c(F)cccc1Cl. The maximum Gasteiger partial charge on any atom is 0.129 e. The van der Waals surface area contributed by atoms with E-state index in [1.54, 1.807) is 6.07 Å². The molecule has 0 saturated carbocycles. The Morgan fingerprint density at radius 3 is 2.75 bits per heavy atom. The molecule has 0 bridgehead atoms. The first kappa shape index (κ1) is 9.23. The van der Waals surface area contributed by atoms with Crippen LogP contribution in [0.2, 0.25) is 5.02 Å². The third-order valence-corrected chi connectivity index (χ3v) is 1.92. The van der Waals surface area contributed by atoms with E-state index < -0.39 is 11.9 Å². The molecule has 0 heterocycles. The Morgan fingerprint density at radius 2 is 2.25 bits per heavy atom. The number of halogens is 2. The molecule has 1 aromatic rings. The van der Waals surface area contributed by atoms with Gasteiger partial charge in [0.15, 0.2) is 0 Å². The van der Waals surface area contributed by atoms with E-state index in [-0.39, 0.29) is 0 Å². The quantitative estimate of drug-likeness (QED) is 0.705. The molecule has 1 rings (SSSR count). The highest BCUT2D eigenvalue weighted by molar-refractivity contribution is 6.31. The van der Waals surface area contributed by atoms with Crippen molar-refractivity contribution >= 4 is 11.6 Å². The van der Waals surface area contributed by atoms with Crippen LogP contribution < -0.4 is 5.73 Å². The molecule has 12 heavy (non-hydrogen) atoms. The molecule has 1 atom stereocenters. The second kappa shape index (κ2) is 3.70. The molecule has 0 aliphatic rings. The van der Waals surface area contributed by atoms with Gasteiger partial charge in [-0.3, -0.25) is 0 Å². The van der Waals surface area contributed by atoms with E-state index in [4.69, 9.17) is 17.3 Å². The average molecular weight is 186 g/mol. The zero-order chi connectivity index (χ0) is 9.14. The van der Waals surface area contributed by atoms with Crippen LogP contribution >= 0.6 is 11.6 Å². The van der Waals surface area contributed by atoms with Gasteiger partial charge in [-0.15, -0.1) is 6.58 Å². The minimum atomic E-state index is -0.543. The third kappa shape index (κ3) is 1.65. The van der Waals surface area contributed by atoms with Crippen LogP contribution in [0.25, 0.3) is 0 Å². The van der Waals surface area contributed by atoms with Crippen LogP contribution in [0, 0.1) is 5.82 Å². The van der Waals surface area contributed by atoms with Crippen molar-refractivity contribution in [1.82, 2.24) is 0 Å². The Kier molecular flexibility index (Phi) is 2.84. The van der Waals surface area contributed by atoms with E-state index in [0.717, 1.165) is 0 Å². The van der Waals surface area contributed by atoms with E-state index >= 15 is 0 Å². The monoisotopic (exact) mass is 185 g/mol. The second-order valence-electron chi connectivity index (χ2n) is 2.40. The van der Waals surface area contributed by atoms with Crippen LogP contribution in [0.5, 0.6) is 0 Å². The topological polar surface area (TPSA) is 26.0 Å². The van der Waals surface area contributed by atoms with Crippen LogP contribution in [-0.4, -0.2) is 0 Å². The summed E-state index contributed by atoms with van der Waals surface area (Å²) < 4.78 is 13.1. The number of hydrogen-bond acceptors (Lipinski definition) is 1. The van der Waals surface area contributed by atoms with E-state index in [1.165, 1.54) is 18.2 Å². The van der Waals surface area contributed by atoms with Crippen molar-refractivity contribution in [3.05, 3.63) is 47.3 Å². The van der Waals surface area contributed by atoms with Gasteiger partial charge in [-0.25, -0.2) is 4.39 Å². The molecular formula is C9H9ClFN. The summed E-state index contributed by atoms with van der Waals surface area (Å²) in [5.74, 6) is -0.394. The normalized spacial score (nSPS) is 12.6. The van der Waals surface area contributed by atoms with E-state index in [1.807, 2.05) is 0 Å². The largest absolute Gasteiger partial charge is 0.321 e. The van der Waals surface area contributed by atoms with Gasteiger partial charge >= 0.3 is 0 Å². The summed E-state index contributed by atoms with van der Waals surface area (Å²) in [5.41, 5.74) is 5.85. The minimum absolute atomic E-state index is 0.300. The fourth-order valence-corrected chi connectivity index (χ4v) is 1.24. The zero-order valence-electron chi connectivity index (χ0n) is 6.43. The summed E-state index contributed by atoms with van der Waals surface area (Å²) in [5, 5.41) is 0.336. The summed E-state index contributed by atoms with van der Waals surface area (Å²) in [6, 6.07) is 3.92. The van der Waals surface area contributed by atoms with Gasteiger partial charge in [0.25, 0.3) is 0 Å². The fraction of sp³-hybridized carbons (Fsp3) is 0.111. The van der Waals surface area contributed by atoms with Gasteiger partial charge in [0, 0.05) is 10.6 Å². The molecule has 0 aliphatic carbocycles. The van der Waals surface area contributed by atoms with Gasteiger partial charge < -0.3 is 5.73 Å². The lowest BCUT2D eigenvalue weighted by molar-refractivity contribution is 0.602. The fourth-order valence-electron chi connectivity index (χ4n) is 0.947. The predicted molar refractivity (Wildman–Crippen MR) is 48.5 cm³/mol. The predicted octanol–water partition coefficient (Wildman–Crippen LogP) is 2.66. The smallest absolute Gasteiger partial charge is 0.129 e. The van der Waals surface area contributed by atoms with Crippen molar-refractivity contribution in [1.29, 1.82) is 0 Å². The lowest BCUT2D eigenvalue weighted by atomic mass is 10.1. The first-order chi connectivity index (χ1) is 5.66. The molecule has 0 fully saturated rings. The van der Waals surface area contributed by atoms with Crippen molar-refractivity contribution in [2.24, 2.45) is 5.73 Å². The molecule has 0 saturated heterocycles. The molecule has 0 aliphatic heterocycles. The Labute approximate surface area is 75.6 Å². The molecule has 64 valence electrons. The van der Waals surface area contributed by atoms with Crippen molar-refractivity contribution in [3.8, 4) is 0 Å². The lowest BCUT2D eigenvalue weighted by Crippen LogP contribution is -2.09. The summed E-state index contributed by atoms with van der Waals surface area (Å²) in [4.78, 5) is 0. The highest BCUT2D eigenvalue weighted by Crippen LogP contribution is 2.24. The molecule has 1 nitrogen and oxygen atoms in total. The van der Waals surface area contributed by atoms with Crippen molar-refractivity contribution in [3.63, 3.8) is 0 Å². The molecule has 0 aromatic heterocycles. The van der Waals surface area contributed by atoms with Gasteiger partial charge in [-0.05, 0) is 12.1 Å². The van der Waals surface area contributed by atoms with Gasteiger partial charge in [-0.1, -0.05) is 23.7 Å². The maximum absolute atomic E-state index is 13.1. The van der Waals surface area contributed by atoms with E-state index in [0.29, 0.717) is 10.6 Å². The molecule has 0 radical (unpaired) electrons. The zero-order valence-corrected chi connectivity index (χ0v) is 7.18. The molecule has 1 aromatic carbocycles. The van der Waals surface area contributed by atoms with Gasteiger partial charge in [0.1, 0.15) is 5.82 Å². The minimum Gasteiger partial charge on any atom is -0.321 e. The van der Waals surface area contributed by atoms with Gasteiger partial charge in [0.05, 0.1) is 6.04 Å². The van der Waals surface area contributed by atoms with Crippen molar-refractivity contribution in [2.45, 2.75) is 6.04 Å². The Balaban J connectivity index is 3.20. The highest BCUT2D eigenvalue weighted by Gasteiger charge is 2.11. The molecule has 0 amide bonds. The molecule has 0 unspecified atom stereocenters. The Morgan fingerprint density at radius 1 is 1.58 bits per heavy atom. The van der Waals surface area contributed by atoms with E-state index in [2.05, 4.69) is 6.58 Å². The summed E-state index contributed by atoms with van der Waals surface area (Å²) in [6.45, 7) is 3.47. The summed E-state index contributed by atoms with van der Waals surface area (Å²) >= 11 is 5.74. The van der Waals surface area contributed by atoms with Crippen molar-refractivity contribution < 1.29 is 4.39 Å². The number of nitrogens with two attached hydrogens (primary N) is 1. The third-order valence-electron chi connectivity index (χ3n) is 1.59. The highest BCUT2D eigenvalue weighted by atomic mass is 35.5. The van der Waals surface area contributed by atoms with Crippen molar-refractivity contribution in [2.75, 3.05) is 0 Å². The lowest BCUT2D eigenvalue weighted by Gasteiger charge is -2.09. The molecule has 0 spiro atoms. The first-order valence-electron chi connectivity index (χ1n) is 3.49. The molecule has 3 heteroatoms. The maximum atomic E-state index is 13.1. The Hall–Kier alpha value is -0.860. The number of hydrogen-bond donors (Lipinski definition) is 1. The standard InChI is InChI=1S/C9H9ClFN/c1-2-8(12)9-6(10)4-3-5-7(9)11/h2-5,8H,1,12H2/t8-/m1/s1. The summed E-state index contributed by atoms with van der Waals surface area (Å²) in [7, 11) is 0. The van der Waals surface area contributed by atoms with Crippen LogP contribution in [0.3, 0.4) is 0 Å². The van der Waals surface area contributed by atoms with Gasteiger partial charge in [0.2, 0.25) is 0 Å². The number of benzene rings is 1. The van der Waals surface area contributed by atoms with Crippen LogP contribution in [0.1, 0.15) is 11.6 Å². The average Bonchev–Trinajstić information content (AvgIpc) is 2.03. The molecule has 2 N–H and O–H groups in total.